The highest BCUT2D eigenvalue weighted by molar-refractivity contribution is 5.41. The van der Waals surface area contributed by atoms with Crippen LogP contribution in [0, 0.1) is 17.1 Å². The molecule has 0 spiro atoms. The van der Waals surface area contributed by atoms with Crippen molar-refractivity contribution < 1.29 is 9.50 Å². The zero-order valence-electron chi connectivity index (χ0n) is 7.50. The molecule has 3 heteroatoms. The minimum atomic E-state index is -0.869. The van der Waals surface area contributed by atoms with Crippen molar-refractivity contribution in [1.29, 1.82) is 5.26 Å². The van der Waals surface area contributed by atoms with Crippen LogP contribution in [0.25, 0.3) is 0 Å². The Balaban J connectivity index is 3.30. The number of phenolic OH excluding ortho intramolecular Hbond substituents is 1. The summed E-state index contributed by atoms with van der Waals surface area (Å²) in [5, 5.41) is 18.2. The highest BCUT2D eigenvalue weighted by Crippen LogP contribution is 2.30. The second-order valence-electron chi connectivity index (χ2n) is 3.40. The average molecular weight is 179 g/mol. The monoisotopic (exact) mass is 179 g/mol. The molecule has 0 aliphatic rings. The van der Waals surface area contributed by atoms with Crippen LogP contribution in [0.3, 0.4) is 0 Å². The second-order valence-corrected chi connectivity index (χ2v) is 3.40. The van der Waals surface area contributed by atoms with Gasteiger partial charge in [-0.2, -0.15) is 5.26 Å². The van der Waals surface area contributed by atoms with E-state index in [1.54, 1.807) is 13.8 Å². The maximum atomic E-state index is 12.8. The first-order valence-electron chi connectivity index (χ1n) is 3.87. The highest BCUT2D eigenvalue weighted by atomic mass is 19.1. The van der Waals surface area contributed by atoms with E-state index in [-0.39, 0.29) is 5.75 Å². The fourth-order valence-electron chi connectivity index (χ4n) is 1.07. The number of phenols is 1. The molecule has 0 aromatic heterocycles. The first kappa shape index (κ1) is 9.53. The predicted octanol–water partition coefficient (Wildman–Crippen LogP) is 2.33. The Hall–Kier alpha value is -1.56. The minimum absolute atomic E-state index is 0.0482. The van der Waals surface area contributed by atoms with Crippen molar-refractivity contribution in [2.75, 3.05) is 0 Å². The molecule has 0 fully saturated rings. The van der Waals surface area contributed by atoms with Crippen LogP contribution in [0.5, 0.6) is 5.75 Å². The molecule has 0 amide bonds. The molecule has 1 N–H and O–H groups in total. The standard InChI is InChI=1S/C10H10FNO/c1-10(2,6-12)8-5-7(11)3-4-9(8)13/h3-5,13H,1-2H3. The quantitative estimate of drug-likeness (QED) is 0.719. The van der Waals surface area contributed by atoms with Crippen molar-refractivity contribution >= 4 is 0 Å². The fraction of sp³-hybridized carbons (Fsp3) is 0.300. The summed E-state index contributed by atoms with van der Waals surface area (Å²) in [6, 6.07) is 5.59. The van der Waals surface area contributed by atoms with Gasteiger partial charge in [-0.15, -0.1) is 0 Å². The van der Waals surface area contributed by atoms with E-state index >= 15 is 0 Å². The number of benzene rings is 1. The van der Waals surface area contributed by atoms with Crippen molar-refractivity contribution in [3.8, 4) is 11.8 Å². The summed E-state index contributed by atoms with van der Waals surface area (Å²) in [6.45, 7) is 3.25. The summed E-state index contributed by atoms with van der Waals surface area (Å²) < 4.78 is 12.8. The van der Waals surface area contributed by atoms with Crippen LogP contribution < -0.4 is 0 Å². The Labute approximate surface area is 76.2 Å². The first-order valence-corrected chi connectivity index (χ1v) is 3.87. The lowest BCUT2D eigenvalue weighted by Crippen LogP contribution is -2.14. The Bertz CT molecular complexity index is 366. The van der Waals surface area contributed by atoms with Gasteiger partial charge >= 0.3 is 0 Å². The predicted molar refractivity (Wildman–Crippen MR) is 46.7 cm³/mol. The summed E-state index contributed by atoms with van der Waals surface area (Å²) in [4.78, 5) is 0. The molecule has 68 valence electrons. The second kappa shape index (κ2) is 3.06. The molecule has 13 heavy (non-hydrogen) atoms. The average Bonchev–Trinajstić information content (AvgIpc) is 2.09. The molecule has 0 atom stereocenters. The van der Waals surface area contributed by atoms with E-state index in [9.17, 15) is 9.50 Å². The Morgan fingerprint density at radius 2 is 2.08 bits per heavy atom. The lowest BCUT2D eigenvalue weighted by molar-refractivity contribution is 0.453. The number of hydrogen-bond acceptors (Lipinski definition) is 2. The fourth-order valence-corrected chi connectivity index (χ4v) is 1.07. The smallest absolute Gasteiger partial charge is 0.123 e. The Morgan fingerprint density at radius 1 is 1.46 bits per heavy atom. The van der Waals surface area contributed by atoms with Gasteiger partial charge in [0.05, 0.1) is 11.5 Å². The third-order valence-electron chi connectivity index (χ3n) is 1.91. The summed E-state index contributed by atoms with van der Waals surface area (Å²) >= 11 is 0. The molecule has 0 heterocycles. The summed E-state index contributed by atoms with van der Waals surface area (Å²) in [6.07, 6.45) is 0. The summed E-state index contributed by atoms with van der Waals surface area (Å²) in [7, 11) is 0. The van der Waals surface area contributed by atoms with Crippen molar-refractivity contribution in [2.45, 2.75) is 19.3 Å². The number of aromatic hydroxyl groups is 1. The maximum absolute atomic E-state index is 12.8. The molecule has 0 saturated heterocycles. The lowest BCUT2D eigenvalue weighted by Gasteiger charge is -2.16. The van der Waals surface area contributed by atoms with Gasteiger partial charge in [0.25, 0.3) is 0 Å². The number of nitriles is 1. The lowest BCUT2D eigenvalue weighted by atomic mass is 9.86. The van der Waals surface area contributed by atoms with Crippen molar-refractivity contribution in [1.82, 2.24) is 0 Å². The molecule has 1 rings (SSSR count). The van der Waals surface area contributed by atoms with Crippen LogP contribution in [0.2, 0.25) is 0 Å². The van der Waals surface area contributed by atoms with Gasteiger partial charge < -0.3 is 5.11 Å². The van der Waals surface area contributed by atoms with E-state index in [0.29, 0.717) is 5.56 Å². The van der Waals surface area contributed by atoms with E-state index in [2.05, 4.69) is 0 Å². The number of rotatable bonds is 1. The van der Waals surface area contributed by atoms with Crippen molar-refractivity contribution in [3.63, 3.8) is 0 Å². The van der Waals surface area contributed by atoms with Crippen LogP contribution in [0.1, 0.15) is 19.4 Å². The number of nitrogens with zero attached hydrogens (tertiary/aromatic N) is 1. The van der Waals surface area contributed by atoms with Gasteiger partial charge in [-0.25, -0.2) is 4.39 Å². The summed E-state index contributed by atoms with van der Waals surface area (Å²) in [5.41, 5.74) is -0.554. The highest BCUT2D eigenvalue weighted by Gasteiger charge is 2.23. The van der Waals surface area contributed by atoms with E-state index in [4.69, 9.17) is 5.26 Å². The molecular formula is C10H10FNO. The third-order valence-corrected chi connectivity index (χ3v) is 1.91. The van der Waals surface area contributed by atoms with Gasteiger partial charge in [0.15, 0.2) is 0 Å². The van der Waals surface area contributed by atoms with Crippen LogP contribution in [-0.4, -0.2) is 5.11 Å². The van der Waals surface area contributed by atoms with Crippen LogP contribution in [-0.2, 0) is 5.41 Å². The van der Waals surface area contributed by atoms with E-state index in [1.807, 2.05) is 6.07 Å². The van der Waals surface area contributed by atoms with Crippen LogP contribution in [0.15, 0.2) is 18.2 Å². The molecule has 0 aliphatic carbocycles. The zero-order valence-corrected chi connectivity index (χ0v) is 7.50. The topological polar surface area (TPSA) is 44.0 Å². The van der Waals surface area contributed by atoms with E-state index < -0.39 is 11.2 Å². The van der Waals surface area contributed by atoms with E-state index in [1.165, 1.54) is 12.1 Å². The van der Waals surface area contributed by atoms with Gasteiger partial charge in [0.1, 0.15) is 11.6 Å². The Morgan fingerprint density at radius 3 is 2.62 bits per heavy atom. The molecule has 0 bridgehead atoms. The molecule has 2 nitrogen and oxygen atoms in total. The van der Waals surface area contributed by atoms with Crippen molar-refractivity contribution in [3.05, 3.63) is 29.6 Å². The molecule has 1 aromatic rings. The zero-order chi connectivity index (χ0) is 10.1. The van der Waals surface area contributed by atoms with Crippen LogP contribution in [0.4, 0.5) is 4.39 Å². The molecule has 1 aromatic carbocycles. The largest absolute Gasteiger partial charge is 0.508 e. The van der Waals surface area contributed by atoms with E-state index in [0.717, 1.165) is 6.07 Å². The third kappa shape index (κ3) is 1.78. The van der Waals surface area contributed by atoms with Gasteiger partial charge in [0.2, 0.25) is 0 Å². The molecular weight excluding hydrogens is 169 g/mol. The SMILES string of the molecule is CC(C)(C#N)c1cc(F)ccc1O. The molecule has 0 unspecified atom stereocenters. The molecule has 0 saturated carbocycles. The van der Waals surface area contributed by atoms with Gasteiger partial charge in [0, 0.05) is 5.56 Å². The normalized spacial score (nSPS) is 10.9. The van der Waals surface area contributed by atoms with Gasteiger partial charge in [-0.3, -0.25) is 0 Å². The molecule has 0 radical (unpaired) electrons. The van der Waals surface area contributed by atoms with Gasteiger partial charge in [-0.1, -0.05) is 0 Å². The van der Waals surface area contributed by atoms with Crippen LogP contribution >= 0.6 is 0 Å². The van der Waals surface area contributed by atoms with Gasteiger partial charge in [-0.05, 0) is 32.0 Å². The summed E-state index contributed by atoms with van der Waals surface area (Å²) in [5.74, 6) is -0.496. The minimum Gasteiger partial charge on any atom is -0.508 e. The maximum Gasteiger partial charge on any atom is 0.123 e. The Kier molecular flexibility index (Phi) is 2.24. The first-order chi connectivity index (χ1) is 5.97. The van der Waals surface area contributed by atoms with Crippen molar-refractivity contribution in [2.24, 2.45) is 0 Å². The number of halogens is 1. The number of hydrogen-bond donors (Lipinski definition) is 1. The molecule has 0 aliphatic heterocycles.